The van der Waals surface area contributed by atoms with Gasteiger partial charge in [-0.15, -0.1) is 11.3 Å². The number of nitrogens with two attached hydrogens (primary N) is 1. The average molecular weight is 224 g/mol. The second kappa shape index (κ2) is 5.08. The molecule has 0 radical (unpaired) electrons. The van der Waals surface area contributed by atoms with Crippen molar-refractivity contribution in [3.05, 3.63) is 16.1 Å². The number of hydrogen-bond donors (Lipinski definition) is 1. The summed E-state index contributed by atoms with van der Waals surface area (Å²) in [6.45, 7) is 2.03. The molecule has 15 heavy (non-hydrogen) atoms. The van der Waals surface area contributed by atoms with Crippen molar-refractivity contribution in [2.45, 2.75) is 57.4 Å². The summed E-state index contributed by atoms with van der Waals surface area (Å²) in [5.74, 6) is 0.713. The quantitative estimate of drug-likeness (QED) is 0.780. The third-order valence-corrected chi connectivity index (χ3v) is 4.56. The maximum absolute atomic E-state index is 5.86. The Morgan fingerprint density at radius 3 is 2.53 bits per heavy atom. The highest BCUT2D eigenvalue weighted by atomic mass is 32.1. The molecule has 1 fully saturated rings. The van der Waals surface area contributed by atoms with Crippen molar-refractivity contribution < 1.29 is 0 Å². The molecule has 1 aromatic rings. The van der Waals surface area contributed by atoms with Crippen LogP contribution in [0.25, 0.3) is 0 Å². The van der Waals surface area contributed by atoms with Crippen LogP contribution < -0.4 is 5.73 Å². The second-order valence-corrected chi connectivity index (χ2v) is 5.67. The van der Waals surface area contributed by atoms with Crippen LogP contribution in [0.3, 0.4) is 0 Å². The van der Waals surface area contributed by atoms with Crippen LogP contribution in [0.2, 0.25) is 0 Å². The first kappa shape index (κ1) is 11.1. The lowest BCUT2D eigenvalue weighted by atomic mass is 10.0. The van der Waals surface area contributed by atoms with E-state index < -0.39 is 0 Å². The van der Waals surface area contributed by atoms with E-state index >= 15 is 0 Å². The molecule has 0 spiro atoms. The van der Waals surface area contributed by atoms with E-state index in [1.54, 1.807) is 0 Å². The van der Waals surface area contributed by atoms with Gasteiger partial charge in [-0.25, -0.2) is 4.98 Å². The predicted molar refractivity (Wildman–Crippen MR) is 65.2 cm³/mol. The van der Waals surface area contributed by atoms with Crippen molar-refractivity contribution >= 4 is 11.3 Å². The van der Waals surface area contributed by atoms with Crippen LogP contribution in [0.5, 0.6) is 0 Å². The first-order valence-electron chi connectivity index (χ1n) is 5.98. The van der Waals surface area contributed by atoms with Gasteiger partial charge >= 0.3 is 0 Å². The molecule has 1 saturated carbocycles. The topological polar surface area (TPSA) is 38.9 Å². The molecule has 2 rings (SSSR count). The van der Waals surface area contributed by atoms with Gasteiger partial charge in [0.2, 0.25) is 0 Å². The molecule has 0 amide bonds. The Kier molecular flexibility index (Phi) is 3.76. The van der Waals surface area contributed by atoms with E-state index in [1.807, 2.05) is 24.5 Å². The van der Waals surface area contributed by atoms with E-state index in [2.05, 4.69) is 4.98 Å². The molecule has 1 aliphatic rings. The van der Waals surface area contributed by atoms with Crippen LogP contribution in [-0.2, 0) is 0 Å². The zero-order chi connectivity index (χ0) is 10.7. The Hall–Kier alpha value is -0.410. The molecule has 0 aliphatic heterocycles. The fourth-order valence-corrected chi connectivity index (χ4v) is 3.27. The van der Waals surface area contributed by atoms with Gasteiger partial charge in [0.1, 0.15) is 0 Å². The molecule has 2 nitrogen and oxygen atoms in total. The van der Waals surface area contributed by atoms with Gasteiger partial charge < -0.3 is 5.73 Å². The summed E-state index contributed by atoms with van der Waals surface area (Å²) in [7, 11) is 0. The predicted octanol–water partition coefficient (Wildman–Crippen LogP) is 3.60. The van der Waals surface area contributed by atoms with E-state index in [0.717, 1.165) is 0 Å². The monoisotopic (exact) mass is 224 g/mol. The summed E-state index contributed by atoms with van der Waals surface area (Å²) in [4.78, 5) is 5.77. The van der Waals surface area contributed by atoms with Crippen LogP contribution in [-0.4, -0.2) is 4.98 Å². The second-order valence-electron chi connectivity index (χ2n) is 4.58. The molecule has 1 unspecified atom stereocenters. The molecule has 84 valence electrons. The molecule has 0 saturated heterocycles. The minimum atomic E-state index is 0.141. The van der Waals surface area contributed by atoms with Gasteiger partial charge in [-0.05, 0) is 19.8 Å². The fraction of sp³-hybridized carbons (Fsp3) is 0.750. The smallest absolute Gasteiger partial charge is 0.0959 e. The Balaban J connectivity index is 2.06. The lowest BCUT2D eigenvalue weighted by molar-refractivity contribution is 0.589. The molecule has 1 aromatic heterocycles. The van der Waals surface area contributed by atoms with Crippen LogP contribution in [0.1, 0.15) is 67.3 Å². The van der Waals surface area contributed by atoms with Gasteiger partial charge in [0.05, 0.1) is 5.01 Å². The normalized spacial score (nSPS) is 21.2. The minimum Gasteiger partial charge on any atom is -0.323 e. The number of aromatic nitrogens is 1. The van der Waals surface area contributed by atoms with E-state index in [-0.39, 0.29) is 6.04 Å². The maximum atomic E-state index is 5.86. The third-order valence-electron chi connectivity index (χ3n) is 3.19. The van der Waals surface area contributed by atoms with Crippen LogP contribution in [0, 0.1) is 0 Å². The summed E-state index contributed by atoms with van der Waals surface area (Å²) in [6, 6.07) is 0.141. The Morgan fingerprint density at radius 2 is 2.00 bits per heavy atom. The molecule has 0 bridgehead atoms. The number of nitrogens with zero attached hydrogens (tertiary/aromatic N) is 1. The lowest BCUT2D eigenvalue weighted by Crippen LogP contribution is -2.01. The highest BCUT2D eigenvalue weighted by molar-refractivity contribution is 7.11. The van der Waals surface area contributed by atoms with Gasteiger partial charge in [0, 0.05) is 23.0 Å². The standard InChI is InChI=1S/C12H20N2S/c1-9(13)11-8-14-12(15-11)10-6-4-2-3-5-7-10/h8-10H,2-7,13H2,1H3. The summed E-state index contributed by atoms with van der Waals surface area (Å²) in [5.41, 5.74) is 5.86. The van der Waals surface area contributed by atoms with Crippen molar-refractivity contribution in [1.82, 2.24) is 4.98 Å². The minimum absolute atomic E-state index is 0.141. The van der Waals surface area contributed by atoms with Crippen molar-refractivity contribution in [3.8, 4) is 0 Å². The molecular weight excluding hydrogens is 204 g/mol. The third kappa shape index (κ3) is 2.79. The lowest BCUT2D eigenvalue weighted by Gasteiger charge is -2.09. The SMILES string of the molecule is CC(N)c1cnc(C2CCCCCC2)s1. The first-order valence-corrected chi connectivity index (χ1v) is 6.80. The summed E-state index contributed by atoms with van der Waals surface area (Å²) in [5, 5.41) is 1.32. The van der Waals surface area contributed by atoms with E-state index in [1.165, 1.54) is 48.4 Å². The van der Waals surface area contributed by atoms with Crippen molar-refractivity contribution in [2.75, 3.05) is 0 Å². The zero-order valence-corrected chi connectivity index (χ0v) is 10.2. The molecule has 1 heterocycles. The Labute approximate surface area is 95.9 Å². The van der Waals surface area contributed by atoms with Gasteiger partial charge in [0.25, 0.3) is 0 Å². The van der Waals surface area contributed by atoms with E-state index in [0.29, 0.717) is 5.92 Å². The van der Waals surface area contributed by atoms with Crippen LogP contribution in [0.15, 0.2) is 6.20 Å². The highest BCUT2D eigenvalue weighted by Gasteiger charge is 2.18. The maximum Gasteiger partial charge on any atom is 0.0959 e. The Bertz CT molecular complexity index is 298. The van der Waals surface area contributed by atoms with Crippen molar-refractivity contribution in [2.24, 2.45) is 5.73 Å². The fourth-order valence-electron chi connectivity index (χ4n) is 2.23. The molecule has 1 atom stereocenters. The Morgan fingerprint density at radius 1 is 1.33 bits per heavy atom. The van der Waals surface area contributed by atoms with Crippen LogP contribution >= 0.6 is 11.3 Å². The number of hydrogen-bond acceptors (Lipinski definition) is 3. The van der Waals surface area contributed by atoms with Gasteiger partial charge in [-0.3, -0.25) is 0 Å². The summed E-state index contributed by atoms with van der Waals surface area (Å²) >= 11 is 1.82. The van der Waals surface area contributed by atoms with Gasteiger partial charge in [0.15, 0.2) is 0 Å². The number of thiazole rings is 1. The zero-order valence-electron chi connectivity index (χ0n) is 9.41. The van der Waals surface area contributed by atoms with E-state index in [4.69, 9.17) is 5.73 Å². The molecule has 3 heteroatoms. The average Bonchev–Trinajstić information content (AvgIpc) is 2.55. The number of rotatable bonds is 2. The molecule has 0 aromatic carbocycles. The van der Waals surface area contributed by atoms with Crippen molar-refractivity contribution in [1.29, 1.82) is 0 Å². The summed E-state index contributed by atoms with van der Waals surface area (Å²) < 4.78 is 0. The van der Waals surface area contributed by atoms with Crippen molar-refractivity contribution in [3.63, 3.8) is 0 Å². The molecule has 1 aliphatic carbocycles. The highest BCUT2D eigenvalue weighted by Crippen LogP contribution is 2.34. The molecule has 2 N–H and O–H groups in total. The van der Waals surface area contributed by atoms with E-state index in [9.17, 15) is 0 Å². The summed E-state index contributed by atoms with van der Waals surface area (Å²) in [6.07, 6.45) is 10.2. The largest absolute Gasteiger partial charge is 0.323 e. The molecular formula is C12H20N2S. The van der Waals surface area contributed by atoms with Gasteiger partial charge in [-0.1, -0.05) is 25.7 Å². The van der Waals surface area contributed by atoms with Crippen LogP contribution in [0.4, 0.5) is 0 Å². The van der Waals surface area contributed by atoms with Gasteiger partial charge in [-0.2, -0.15) is 0 Å². The first-order chi connectivity index (χ1) is 7.27.